The van der Waals surface area contributed by atoms with Gasteiger partial charge in [0.05, 0.1) is 5.69 Å². The second kappa shape index (κ2) is 4.15. The first-order valence-electron chi connectivity index (χ1n) is 4.90. The molecule has 0 unspecified atom stereocenters. The zero-order valence-corrected chi connectivity index (χ0v) is 10.5. The van der Waals surface area contributed by atoms with Gasteiger partial charge in [-0.25, -0.2) is 13.4 Å². The monoisotopic (exact) mass is 259 g/mol. The first kappa shape index (κ1) is 11.6. The number of nitrogen functional groups attached to an aromatic ring is 1. The fraction of sp³-hybridized carbons (Fsp3) is 0.444. The maximum atomic E-state index is 12.2. The van der Waals surface area contributed by atoms with Crippen LogP contribution in [0.3, 0.4) is 0 Å². The van der Waals surface area contributed by atoms with Crippen LogP contribution < -0.4 is 5.73 Å². The third kappa shape index (κ3) is 1.98. The summed E-state index contributed by atoms with van der Waals surface area (Å²) in [6.07, 6.45) is 4.60. The average molecular weight is 259 g/mol. The number of rotatable bonds is 2. The zero-order chi connectivity index (χ0) is 11.8. The zero-order valence-electron chi connectivity index (χ0n) is 8.88. The highest BCUT2D eigenvalue weighted by Crippen LogP contribution is 2.28. The first-order chi connectivity index (χ1) is 7.51. The SMILES string of the molecule is Cc1nc(N)sc1S(=O)(=O)N1CC=CCC1. The van der Waals surface area contributed by atoms with Gasteiger partial charge in [0, 0.05) is 13.1 Å². The summed E-state index contributed by atoms with van der Waals surface area (Å²) in [7, 11) is -3.41. The van der Waals surface area contributed by atoms with Gasteiger partial charge in [-0.3, -0.25) is 0 Å². The van der Waals surface area contributed by atoms with Crippen molar-refractivity contribution < 1.29 is 8.42 Å². The molecule has 0 saturated carbocycles. The maximum Gasteiger partial charge on any atom is 0.254 e. The van der Waals surface area contributed by atoms with E-state index in [4.69, 9.17) is 5.73 Å². The van der Waals surface area contributed by atoms with E-state index in [-0.39, 0.29) is 4.21 Å². The molecular formula is C9H13N3O2S2. The molecule has 0 saturated heterocycles. The molecule has 0 fully saturated rings. The van der Waals surface area contributed by atoms with Gasteiger partial charge in [0.15, 0.2) is 9.34 Å². The van der Waals surface area contributed by atoms with Crippen molar-refractivity contribution in [2.24, 2.45) is 0 Å². The number of nitrogens with zero attached hydrogens (tertiary/aromatic N) is 2. The van der Waals surface area contributed by atoms with Crippen molar-refractivity contribution in [2.45, 2.75) is 17.6 Å². The minimum absolute atomic E-state index is 0.264. The number of nitrogens with two attached hydrogens (primary N) is 1. The largest absolute Gasteiger partial charge is 0.375 e. The van der Waals surface area contributed by atoms with E-state index in [0.29, 0.717) is 23.9 Å². The summed E-state index contributed by atoms with van der Waals surface area (Å²) in [6.45, 7) is 2.62. The standard InChI is InChI=1S/C9H13N3O2S2/c1-7-8(15-9(10)11-7)16(13,14)12-5-3-2-4-6-12/h2-3H,4-6H2,1H3,(H2,10,11). The van der Waals surface area contributed by atoms with Crippen molar-refractivity contribution in [1.82, 2.24) is 9.29 Å². The van der Waals surface area contributed by atoms with Crippen LogP contribution in [0, 0.1) is 6.92 Å². The average Bonchev–Trinajstić information content (AvgIpc) is 2.60. The number of anilines is 1. The lowest BCUT2D eigenvalue weighted by atomic mass is 10.3. The molecule has 2 N–H and O–H groups in total. The minimum atomic E-state index is -3.41. The normalized spacial score (nSPS) is 17.8. The highest BCUT2D eigenvalue weighted by atomic mass is 32.2. The Labute approximate surface area is 98.6 Å². The van der Waals surface area contributed by atoms with Crippen LogP contribution in [-0.4, -0.2) is 30.8 Å². The molecular weight excluding hydrogens is 246 g/mol. The van der Waals surface area contributed by atoms with Gasteiger partial charge in [-0.1, -0.05) is 23.5 Å². The summed E-state index contributed by atoms with van der Waals surface area (Å²) >= 11 is 1.03. The van der Waals surface area contributed by atoms with Gasteiger partial charge in [0.1, 0.15) is 0 Å². The Hall–Kier alpha value is -0.920. The van der Waals surface area contributed by atoms with Gasteiger partial charge >= 0.3 is 0 Å². The Bertz CT molecular complexity index is 519. The molecule has 2 rings (SSSR count). The summed E-state index contributed by atoms with van der Waals surface area (Å²) in [5.41, 5.74) is 6.00. The molecule has 1 aromatic rings. The Morgan fingerprint density at radius 3 is 2.75 bits per heavy atom. The van der Waals surface area contributed by atoms with Crippen LogP contribution in [-0.2, 0) is 10.0 Å². The van der Waals surface area contributed by atoms with Crippen molar-refractivity contribution in [2.75, 3.05) is 18.8 Å². The lowest BCUT2D eigenvalue weighted by molar-refractivity contribution is 0.438. The molecule has 0 aliphatic carbocycles. The molecule has 0 amide bonds. The molecule has 16 heavy (non-hydrogen) atoms. The Morgan fingerprint density at radius 1 is 1.50 bits per heavy atom. The quantitative estimate of drug-likeness (QED) is 0.803. The molecule has 88 valence electrons. The number of thiazole rings is 1. The molecule has 5 nitrogen and oxygen atoms in total. The third-order valence-electron chi connectivity index (χ3n) is 2.37. The van der Waals surface area contributed by atoms with Gasteiger partial charge in [-0.05, 0) is 13.3 Å². The van der Waals surface area contributed by atoms with E-state index in [0.717, 1.165) is 17.8 Å². The second-order valence-corrected chi connectivity index (χ2v) is 6.71. The summed E-state index contributed by atoms with van der Waals surface area (Å²) in [5.74, 6) is 0. The highest BCUT2D eigenvalue weighted by Gasteiger charge is 2.28. The van der Waals surface area contributed by atoms with Crippen molar-refractivity contribution >= 4 is 26.5 Å². The van der Waals surface area contributed by atoms with Crippen molar-refractivity contribution in [3.05, 3.63) is 17.8 Å². The fourth-order valence-corrected chi connectivity index (χ4v) is 4.44. The van der Waals surface area contributed by atoms with E-state index in [9.17, 15) is 8.42 Å². The molecule has 0 bridgehead atoms. The van der Waals surface area contributed by atoms with Gasteiger partial charge in [-0.2, -0.15) is 4.31 Å². The van der Waals surface area contributed by atoms with E-state index in [1.165, 1.54) is 4.31 Å². The number of hydrogen-bond donors (Lipinski definition) is 1. The highest BCUT2D eigenvalue weighted by molar-refractivity contribution is 7.91. The Kier molecular flexibility index (Phi) is 3.00. The number of aromatic nitrogens is 1. The summed E-state index contributed by atoms with van der Waals surface area (Å²) in [4.78, 5) is 3.94. The Morgan fingerprint density at radius 2 is 2.25 bits per heavy atom. The maximum absolute atomic E-state index is 12.2. The van der Waals surface area contributed by atoms with E-state index in [1.807, 2.05) is 12.2 Å². The van der Waals surface area contributed by atoms with E-state index < -0.39 is 10.0 Å². The number of hydrogen-bond acceptors (Lipinski definition) is 5. The number of sulfonamides is 1. The molecule has 0 aromatic carbocycles. The van der Waals surface area contributed by atoms with Crippen molar-refractivity contribution in [3.8, 4) is 0 Å². The molecule has 1 aliphatic heterocycles. The van der Waals surface area contributed by atoms with Crippen LogP contribution in [0.25, 0.3) is 0 Å². The van der Waals surface area contributed by atoms with Gasteiger partial charge in [0.25, 0.3) is 10.0 Å². The van der Waals surface area contributed by atoms with E-state index in [1.54, 1.807) is 6.92 Å². The van der Waals surface area contributed by atoms with E-state index >= 15 is 0 Å². The van der Waals surface area contributed by atoms with Crippen LogP contribution in [0.4, 0.5) is 5.13 Å². The molecule has 0 spiro atoms. The van der Waals surface area contributed by atoms with Gasteiger partial charge in [0.2, 0.25) is 0 Å². The lowest BCUT2D eigenvalue weighted by Gasteiger charge is -2.21. The molecule has 0 atom stereocenters. The van der Waals surface area contributed by atoms with Crippen LogP contribution in [0.5, 0.6) is 0 Å². The smallest absolute Gasteiger partial charge is 0.254 e. The predicted molar refractivity (Wildman–Crippen MR) is 63.8 cm³/mol. The molecule has 1 aromatic heterocycles. The summed E-state index contributed by atoms with van der Waals surface area (Å²) in [6, 6.07) is 0. The van der Waals surface area contributed by atoms with Crippen LogP contribution >= 0.6 is 11.3 Å². The molecule has 0 radical (unpaired) electrons. The molecule has 2 heterocycles. The lowest BCUT2D eigenvalue weighted by Crippen LogP contribution is -2.33. The van der Waals surface area contributed by atoms with Crippen molar-refractivity contribution in [1.29, 1.82) is 0 Å². The predicted octanol–water partition coefficient (Wildman–Crippen LogP) is 0.984. The van der Waals surface area contributed by atoms with Crippen LogP contribution in [0.1, 0.15) is 12.1 Å². The van der Waals surface area contributed by atoms with Gasteiger partial charge in [-0.15, -0.1) is 0 Å². The molecule has 1 aliphatic rings. The molecule has 7 heteroatoms. The Balaban J connectivity index is 2.38. The summed E-state index contributed by atoms with van der Waals surface area (Å²) in [5, 5.41) is 0.295. The van der Waals surface area contributed by atoms with E-state index in [2.05, 4.69) is 4.98 Å². The number of aryl methyl sites for hydroxylation is 1. The topological polar surface area (TPSA) is 76.3 Å². The van der Waals surface area contributed by atoms with Crippen LogP contribution in [0.15, 0.2) is 16.4 Å². The first-order valence-corrected chi connectivity index (χ1v) is 7.15. The second-order valence-electron chi connectivity index (χ2n) is 3.55. The summed E-state index contributed by atoms with van der Waals surface area (Å²) < 4.78 is 26.2. The fourth-order valence-electron chi connectivity index (χ4n) is 1.60. The minimum Gasteiger partial charge on any atom is -0.375 e. The van der Waals surface area contributed by atoms with Gasteiger partial charge < -0.3 is 5.73 Å². The third-order valence-corrected chi connectivity index (χ3v) is 5.80. The van der Waals surface area contributed by atoms with Crippen molar-refractivity contribution in [3.63, 3.8) is 0 Å². The van der Waals surface area contributed by atoms with Crippen LogP contribution in [0.2, 0.25) is 0 Å².